The summed E-state index contributed by atoms with van der Waals surface area (Å²) in [6.07, 6.45) is 4.36. The molecule has 0 unspecified atom stereocenters. The Morgan fingerprint density at radius 3 is 2.90 bits per heavy atom. The molecule has 0 spiro atoms. The zero-order valence-corrected chi connectivity index (χ0v) is 13.8. The molecule has 1 aromatic carbocycles. The van der Waals surface area contributed by atoms with Crippen LogP contribution < -0.4 is 0 Å². The van der Waals surface area contributed by atoms with Gasteiger partial charge >= 0.3 is 5.97 Å². The van der Waals surface area contributed by atoms with Gasteiger partial charge in [0.1, 0.15) is 6.10 Å². The molecule has 0 bridgehead atoms. The van der Waals surface area contributed by atoms with Crippen LogP contribution in [0.5, 0.6) is 0 Å². The van der Waals surface area contributed by atoms with Crippen molar-refractivity contribution >= 4 is 28.6 Å². The van der Waals surface area contributed by atoms with Gasteiger partial charge < -0.3 is 9.47 Å². The summed E-state index contributed by atoms with van der Waals surface area (Å²) in [6.45, 7) is 1.26. The molecule has 0 radical (unpaired) electrons. The lowest BCUT2D eigenvalue weighted by atomic mass is 10.0. The third kappa shape index (κ3) is 5.79. The van der Waals surface area contributed by atoms with E-state index < -0.39 is 0 Å². The van der Waals surface area contributed by atoms with Crippen LogP contribution in [0.2, 0.25) is 0 Å². The molecule has 1 aliphatic rings. The SMILES string of the molecule is O=C1CCC[C@H](I)C[C@@H](CCOCc2ccccc2)O1. The third-order valence-electron chi connectivity index (χ3n) is 3.41. The van der Waals surface area contributed by atoms with Gasteiger partial charge in [0.2, 0.25) is 0 Å². The number of hydrogen-bond acceptors (Lipinski definition) is 3. The number of halogens is 1. The average Bonchev–Trinajstić information content (AvgIpc) is 2.43. The van der Waals surface area contributed by atoms with Crippen molar-refractivity contribution in [2.24, 2.45) is 0 Å². The monoisotopic (exact) mass is 388 g/mol. The highest BCUT2D eigenvalue weighted by atomic mass is 127. The van der Waals surface area contributed by atoms with E-state index in [1.807, 2.05) is 18.2 Å². The van der Waals surface area contributed by atoms with E-state index in [4.69, 9.17) is 9.47 Å². The largest absolute Gasteiger partial charge is 0.462 e. The molecule has 2 atom stereocenters. The Balaban J connectivity index is 1.70. The van der Waals surface area contributed by atoms with E-state index in [9.17, 15) is 4.79 Å². The van der Waals surface area contributed by atoms with Crippen LogP contribution in [-0.4, -0.2) is 22.6 Å². The normalized spacial score (nSPS) is 23.8. The van der Waals surface area contributed by atoms with Gasteiger partial charge in [-0.15, -0.1) is 0 Å². The summed E-state index contributed by atoms with van der Waals surface area (Å²) in [5.74, 6) is -0.0543. The van der Waals surface area contributed by atoms with E-state index in [1.165, 1.54) is 5.56 Å². The van der Waals surface area contributed by atoms with Crippen molar-refractivity contribution in [3.63, 3.8) is 0 Å². The Kier molecular flexibility index (Phi) is 6.79. The summed E-state index contributed by atoms with van der Waals surface area (Å²) in [7, 11) is 0. The quantitative estimate of drug-likeness (QED) is 0.332. The number of hydrogen-bond donors (Lipinski definition) is 0. The summed E-state index contributed by atoms with van der Waals surface area (Å²) in [5.41, 5.74) is 1.17. The minimum Gasteiger partial charge on any atom is -0.462 e. The Morgan fingerprint density at radius 1 is 1.30 bits per heavy atom. The van der Waals surface area contributed by atoms with Gasteiger partial charge in [-0.2, -0.15) is 0 Å². The predicted octanol–water partition coefficient (Wildman–Crippen LogP) is 3.88. The van der Waals surface area contributed by atoms with Crippen LogP contribution in [0.1, 0.15) is 37.7 Å². The molecular weight excluding hydrogens is 367 g/mol. The first kappa shape index (κ1) is 15.8. The number of benzene rings is 1. The number of cyclic esters (lactones) is 1. The molecule has 3 nitrogen and oxygen atoms in total. The molecule has 0 aromatic heterocycles. The van der Waals surface area contributed by atoms with E-state index in [1.54, 1.807) is 0 Å². The maximum absolute atomic E-state index is 11.5. The highest BCUT2D eigenvalue weighted by molar-refractivity contribution is 14.1. The van der Waals surface area contributed by atoms with Gasteiger partial charge in [0, 0.05) is 16.8 Å². The zero-order valence-electron chi connectivity index (χ0n) is 11.6. The number of ether oxygens (including phenoxy) is 2. The second-order valence-electron chi connectivity index (χ2n) is 5.16. The molecule has 20 heavy (non-hydrogen) atoms. The van der Waals surface area contributed by atoms with Gasteiger partial charge in [-0.25, -0.2) is 0 Å². The standard InChI is InChI=1S/C16H21IO3/c17-14-7-4-8-16(18)20-15(11-14)9-10-19-12-13-5-2-1-3-6-13/h1-3,5-6,14-15H,4,7-12H2/t14-,15+/m0/s1. The number of rotatable bonds is 5. The summed E-state index contributed by atoms with van der Waals surface area (Å²) < 4.78 is 11.8. The lowest BCUT2D eigenvalue weighted by Gasteiger charge is -2.23. The molecule has 0 N–H and O–H groups in total. The van der Waals surface area contributed by atoms with Crippen LogP contribution >= 0.6 is 22.6 Å². The first-order valence-corrected chi connectivity index (χ1v) is 8.44. The van der Waals surface area contributed by atoms with Crippen LogP contribution in [0.4, 0.5) is 0 Å². The maximum atomic E-state index is 11.5. The third-order valence-corrected chi connectivity index (χ3v) is 4.54. The molecule has 0 saturated carbocycles. The van der Waals surface area contributed by atoms with Crippen molar-refractivity contribution in [2.45, 2.75) is 48.7 Å². The van der Waals surface area contributed by atoms with Crippen molar-refractivity contribution < 1.29 is 14.3 Å². The van der Waals surface area contributed by atoms with Gasteiger partial charge in [0.05, 0.1) is 13.2 Å². The first-order valence-electron chi connectivity index (χ1n) is 7.19. The smallest absolute Gasteiger partial charge is 0.306 e. The second kappa shape index (κ2) is 8.62. The first-order chi connectivity index (χ1) is 9.74. The Labute approximate surface area is 134 Å². The molecular formula is C16H21IO3. The number of alkyl halides is 1. The highest BCUT2D eigenvalue weighted by Crippen LogP contribution is 2.23. The predicted molar refractivity (Wildman–Crippen MR) is 86.9 cm³/mol. The van der Waals surface area contributed by atoms with E-state index in [-0.39, 0.29) is 12.1 Å². The van der Waals surface area contributed by atoms with E-state index >= 15 is 0 Å². The van der Waals surface area contributed by atoms with Crippen LogP contribution in [0, 0.1) is 0 Å². The Bertz CT molecular complexity index is 407. The molecule has 0 aliphatic carbocycles. The molecule has 2 rings (SSSR count). The van der Waals surface area contributed by atoms with Gasteiger partial charge in [-0.3, -0.25) is 4.79 Å². The molecule has 1 aliphatic heterocycles. The summed E-state index contributed by atoms with van der Waals surface area (Å²) >= 11 is 2.46. The Morgan fingerprint density at radius 2 is 2.10 bits per heavy atom. The molecule has 1 fully saturated rings. The molecule has 4 heteroatoms. The van der Waals surface area contributed by atoms with Gasteiger partial charge in [-0.05, 0) is 24.8 Å². The fourth-order valence-corrected chi connectivity index (χ4v) is 3.33. The maximum Gasteiger partial charge on any atom is 0.306 e. The number of esters is 1. The molecule has 110 valence electrons. The Hall–Kier alpha value is -0.620. The van der Waals surface area contributed by atoms with Gasteiger partial charge in [0.15, 0.2) is 0 Å². The van der Waals surface area contributed by atoms with E-state index in [0.717, 1.165) is 25.7 Å². The molecule has 1 aromatic rings. The topological polar surface area (TPSA) is 35.5 Å². The second-order valence-corrected chi connectivity index (χ2v) is 6.93. The van der Waals surface area contributed by atoms with Crippen molar-refractivity contribution in [1.82, 2.24) is 0 Å². The molecule has 1 saturated heterocycles. The van der Waals surface area contributed by atoms with Crippen LogP contribution in [0.15, 0.2) is 30.3 Å². The van der Waals surface area contributed by atoms with E-state index in [0.29, 0.717) is 23.6 Å². The van der Waals surface area contributed by atoms with Crippen LogP contribution in [0.25, 0.3) is 0 Å². The number of carbonyl (C=O) groups excluding carboxylic acids is 1. The fraction of sp³-hybridized carbons (Fsp3) is 0.562. The van der Waals surface area contributed by atoms with E-state index in [2.05, 4.69) is 34.7 Å². The van der Waals surface area contributed by atoms with Crippen LogP contribution in [-0.2, 0) is 20.9 Å². The minimum absolute atomic E-state index is 0.0143. The lowest BCUT2D eigenvalue weighted by molar-refractivity contribution is -0.151. The van der Waals surface area contributed by atoms with Crippen molar-refractivity contribution in [2.75, 3.05) is 6.61 Å². The summed E-state index contributed by atoms with van der Waals surface area (Å²) in [4.78, 5) is 11.5. The fourth-order valence-electron chi connectivity index (χ4n) is 2.32. The summed E-state index contributed by atoms with van der Waals surface area (Å²) in [5, 5.41) is 0. The minimum atomic E-state index is -0.0543. The van der Waals surface area contributed by atoms with Crippen molar-refractivity contribution in [3.8, 4) is 0 Å². The lowest BCUT2D eigenvalue weighted by Crippen LogP contribution is -2.25. The van der Waals surface area contributed by atoms with Crippen molar-refractivity contribution in [1.29, 1.82) is 0 Å². The van der Waals surface area contributed by atoms with Crippen molar-refractivity contribution in [3.05, 3.63) is 35.9 Å². The molecule has 0 amide bonds. The summed E-state index contributed by atoms with van der Waals surface area (Å²) in [6, 6.07) is 10.1. The average molecular weight is 388 g/mol. The van der Waals surface area contributed by atoms with Gasteiger partial charge in [0.25, 0.3) is 0 Å². The van der Waals surface area contributed by atoms with Crippen LogP contribution in [0.3, 0.4) is 0 Å². The van der Waals surface area contributed by atoms with Gasteiger partial charge in [-0.1, -0.05) is 52.9 Å². The molecule has 1 heterocycles. The highest BCUT2D eigenvalue weighted by Gasteiger charge is 2.21. The zero-order chi connectivity index (χ0) is 14.2. The number of carbonyl (C=O) groups is 1.